The Morgan fingerprint density at radius 3 is 2.55 bits per heavy atom. The summed E-state index contributed by atoms with van der Waals surface area (Å²) in [5.41, 5.74) is 8.29. The first-order chi connectivity index (χ1) is 15.0. The Morgan fingerprint density at radius 2 is 1.90 bits per heavy atom. The number of rotatable bonds is 10. The Kier molecular flexibility index (Phi) is 7.98. The van der Waals surface area contributed by atoms with Gasteiger partial charge in [0.2, 0.25) is 0 Å². The maximum atomic E-state index is 13.2. The number of primary amides is 1. The number of benzene rings is 2. The third-order valence-corrected chi connectivity index (χ3v) is 5.72. The van der Waals surface area contributed by atoms with Crippen molar-refractivity contribution < 1.29 is 13.9 Å². The van der Waals surface area contributed by atoms with E-state index in [0.717, 1.165) is 42.1 Å². The normalized spacial score (nSPS) is 13.8. The van der Waals surface area contributed by atoms with Crippen molar-refractivity contribution in [3.8, 4) is 5.75 Å². The van der Waals surface area contributed by atoms with E-state index in [1.54, 1.807) is 12.1 Å². The van der Waals surface area contributed by atoms with Crippen LogP contribution in [0.1, 0.15) is 38.2 Å². The second-order valence-electron chi connectivity index (χ2n) is 8.03. The van der Waals surface area contributed by atoms with Gasteiger partial charge in [-0.3, -0.25) is 0 Å². The predicted molar refractivity (Wildman–Crippen MR) is 123 cm³/mol. The lowest BCUT2D eigenvalue weighted by atomic mass is 10.1. The van der Waals surface area contributed by atoms with E-state index in [-0.39, 0.29) is 11.9 Å². The van der Waals surface area contributed by atoms with Crippen molar-refractivity contribution in [3.63, 3.8) is 0 Å². The molecule has 0 aliphatic heterocycles. The van der Waals surface area contributed by atoms with Crippen LogP contribution in [0.5, 0.6) is 5.75 Å². The number of hydrogen-bond donors (Lipinski definition) is 2. The third-order valence-electron chi connectivity index (χ3n) is 5.72. The van der Waals surface area contributed by atoms with Gasteiger partial charge in [0.05, 0.1) is 11.8 Å². The maximum absolute atomic E-state index is 13.2. The van der Waals surface area contributed by atoms with Gasteiger partial charge in [-0.05, 0) is 62.4 Å². The van der Waals surface area contributed by atoms with Crippen molar-refractivity contribution >= 4 is 17.4 Å². The lowest BCUT2D eigenvalue weighted by molar-refractivity contribution is 0.210. The summed E-state index contributed by atoms with van der Waals surface area (Å²) in [4.78, 5) is 15.3. The molecular formula is C24H33FN4O2. The van der Waals surface area contributed by atoms with Gasteiger partial charge in [0.1, 0.15) is 11.6 Å². The maximum Gasteiger partial charge on any atom is 0.312 e. The molecule has 0 radical (unpaired) electrons. The molecule has 2 aromatic carbocycles. The molecule has 31 heavy (non-hydrogen) atoms. The molecule has 0 bridgehead atoms. The summed E-state index contributed by atoms with van der Waals surface area (Å²) in [5, 5.41) is 2.65. The standard InChI is InChI=1S/C24H33FN4O2/c1-3-29(15-14-27-24(26)30)22-13-12-20(16-23(22)31-21-6-4-5-7-21)28(2)17-18-8-10-19(25)11-9-18/h8-13,16,21H,3-7,14-15,17H2,1-2H3,(H3,26,27,30). The van der Waals surface area contributed by atoms with Crippen LogP contribution >= 0.6 is 0 Å². The van der Waals surface area contributed by atoms with Crippen molar-refractivity contribution in [1.82, 2.24) is 5.32 Å². The number of nitrogens with two attached hydrogens (primary N) is 1. The van der Waals surface area contributed by atoms with Gasteiger partial charge in [-0.1, -0.05) is 12.1 Å². The first-order valence-electron chi connectivity index (χ1n) is 11.0. The minimum atomic E-state index is -0.517. The SMILES string of the molecule is CCN(CCNC(N)=O)c1ccc(N(C)Cc2ccc(F)cc2)cc1OC1CCCC1. The van der Waals surface area contributed by atoms with Crippen LogP contribution in [0.2, 0.25) is 0 Å². The molecule has 0 unspecified atom stereocenters. The fourth-order valence-electron chi connectivity index (χ4n) is 4.00. The number of nitrogens with one attached hydrogen (secondary N) is 1. The number of urea groups is 1. The van der Waals surface area contributed by atoms with Gasteiger partial charge >= 0.3 is 6.03 Å². The number of halogens is 1. The van der Waals surface area contributed by atoms with Crippen LogP contribution in [-0.4, -0.2) is 38.8 Å². The Balaban J connectivity index is 1.80. The Hall–Kier alpha value is -2.96. The summed E-state index contributed by atoms with van der Waals surface area (Å²) in [5.74, 6) is 0.629. The minimum Gasteiger partial charge on any atom is -0.488 e. The van der Waals surface area contributed by atoms with Crippen LogP contribution in [0.25, 0.3) is 0 Å². The minimum absolute atomic E-state index is 0.228. The molecule has 3 N–H and O–H groups in total. The molecule has 1 aliphatic rings. The van der Waals surface area contributed by atoms with Crippen molar-refractivity contribution in [2.45, 2.75) is 45.3 Å². The molecule has 0 aromatic heterocycles. The second-order valence-corrected chi connectivity index (χ2v) is 8.03. The highest BCUT2D eigenvalue weighted by Crippen LogP contribution is 2.36. The van der Waals surface area contributed by atoms with Crippen molar-refractivity contribution in [2.24, 2.45) is 5.73 Å². The fourth-order valence-corrected chi connectivity index (χ4v) is 4.00. The summed E-state index contributed by atoms with van der Waals surface area (Å²) >= 11 is 0. The summed E-state index contributed by atoms with van der Waals surface area (Å²) in [7, 11) is 2.02. The lowest BCUT2D eigenvalue weighted by Crippen LogP contribution is -2.37. The van der Waals surface area contributed by atoms with Crippen molar-refractivity contribution in [1.29, 1.82) is 0 Å². The lowest BCUT2D eigenvalue weighted by Gasteiger charge is -2.29. The number of carbonyl (C=O) groups excluding carboxylic acids is 1. The number of carbonyl (C=O) groups is 1. The number of nitrogens with zero attached hydrogens (tertiary/aromatic N) is 2. The second kappa shape index (κ2) is 10.9. The van der Waals surface area contributed by atoms with Gasteiger partial charge in [-0.2, -0.15) is 0 Å². The average molecular weight is 429 g/mol. The monoisotopic (exact) mass is 428 g/mol. The number of amides is 2. The van der Waals surface area contributed by atoms with E-state index in [2.05, 4.69) is 40.2 Å². The molecule has 1 fully saturated rings. The van der Waals surface area contributed by atoms with Gasteiger partial charge < -0.3 is 25.6 Å². The number of hydrogen-bond acceptors (Lipinski definition) is 4. The van der Waals surface area contributed by atoms with E-state index in [0.29, 0.717) is 19.6 Å². The fraction of sp³-hybridized carbons (Fsp3) is 0.458. The van der Waals surface area contributed by atoms with Crippen LogP contribution in [0.4, 0.5) is 20.6 Å². The summed E-state index contributed by atoms with van der Waals surface area (Å²) in [6.45, 7) is 4.65. The largest absolute Gasteiger partial charge is 0.488 e. The van der Waals surface area contributed by atoms with E-state index in [4.69, 9.17) is 10.5 Å². The molecule has 0 spiro atoms. The van der Waals surface area contributed by atoms with Gasteiger partial charge in [0.25, 0.3) is 0 Å². The average Bonchev–Trinajstić information content (AvgIpc) is 3.26. The number of ether oxygens (including phenoxy) is 1. The van der Waals surface area contributed by atoms with E-state index in [1.807, 2.05) is 7.05 Å². The van der Waals surface area contributed by atoms with E-state index in [1.165, 1.54) is 25.0 Å². The molecule has 7 heteroatoms. The third kappa shape index (κ3) is 6.51. The predicted octanol–water partition coefficient (Wildman–Crippen LogP) is 4.28. The van der Waals surface area contributed by atoms with Gasteiger partial charge in [0.15, 0.2) is 0 Å². The van der Waals surface area contributed by atoms with Gasteiger partial charge in [-0.25, -0.2) is 9.18 Å². The van der Waals surface area contributed by atoms with E-state index in [9.17, 15) is 9.18 Å². The molecule has 168 valence electrons. The van der Waals surface area contributed by atoms with E-state index < -0.39 is 6.03 Å². The topological polar surface area (TPSA) is 70.8 Å². The first-order valence-corrected chi connectivity index (χ1v) is 11.0. The number of likely N-dealkylation sites (N-methyl/N-ethyl adjacent to an activating group) is 1. The van der Waals surface area contributed by atoms with Crippen molar-refractivity contribution in [2.75, 3.05) is 36.5 Å². The quantitative estimate of drug-likeness (QED) is 0.593. The molecule has 2 amide bonds. The summed E-state index contributed by atoms with van der Waals surface area (Å²) in [6, 6.07) is 12.3. The van der Waals surface area contributed by atoms with Crippen LogP contribution < -0.4 is 25.6 Å². The molecular weight excluding hydrogens is 395 g/mol. The smallest absolute Gasteiger partial charge is 0.312 e. The Bertz CT molecular complexity index is 853. The molecule has 1 saturated carbocycles. The molecule has 0 heterocycles. The van der Waals surface area contributed by atoms with Crippen molar-refractivity contribution in [3.05, 3.63) is 53.8 Å². The van der Waals surface area contributed by atoms with Crippen LogP contribution in [0, 0.1) is 5.82 Å². The molecule has 0 saturated heterocycles. The summed E-state index contributed by atoms with van der Waals surface area (Å²) < 4.78 is 19.7. The zero-order chi connectivity index (χ0) is 22.2. The highest BCUT2D eigenvalue weighted by atomic mass is 19.1. The number of anilines is 2. The summed E-state index contributed by atoms with van der Waals surface area (Å²) in [6.07, 6.45) is 4.78. The zero-order valence-corrected chi connectivity index (χ0v) is 18.4. The van der Waals surface area contributed by atoms with Crippen LogP contribution in [0.15, 0.2) is 42.5 Å². The van der Waals surface area contributed by atoms with Gasteiger partial charge in [0, 0.05) is 45.0 Å². The van der Waals surface area contributed by atoms with E-state index >= 15 is 0 Å². The van der Waals surface area contributed by atoms with Crippen LogP contribution in [0.3, 0.4) is 0 Å². The molecule has 1 aliphatic carbocycles. The highest BCUT2D eigenvalue weighted by Gasteiger charge is 2.20. The molecule has 6 nitrogen and oxygen atoms in total. The zero-order valence-electron chi connectivity index (χ0n) is 18.4. The van der Waals surface area contributed by atoms with Gasteiger partial charge in [-0.15, -0.1) is 0 Å². The van der Waals surface area contributed by atoms with Crippen LogP contribution in [-0.2, 0) is 6.54 Å². The molecule has 2 aromatic rings. The molecule has 0 atom stereocenters. The highest BCUT2D eigenvalue weighted by molar-refractivity contribution is 5.71. The first kappa shape index (κ1) is 22.7. The Labute approximate surface area is 184 Å². The molecule has 3 rings (SSSR count). The Morgan fingerprint density at radius 1 is 1.19 bits per heavy atom.